The quantitative estimate of drug-likeness (QED) is 0.663. The molecular formula is C12H11ClF2. The van der Waals surface area contributed by atoms with Crippen molar-refractivity contribution < 1.29 is 10.2 Å². The topological polar surface area (TPSA) is 0 Å². The maximum absolute atomic E-state index is 13.0. The van der Waals surface area contributed by atoms with Crippen LogP contribution in [0.3, 0.4) is 0 Å². The van der Waals surface area contributed by atoms with E-state index in [0.717, 1.165) is 5.56 Å². The number of alkyl halides is 2. The van der Waals surface area contributed by atoms with E-state index in [1.165, 1.54) is 0 Å². The first-order valence-corrected chi connectivity index (χ1v) is 5.18. The molecule has 0 aromatic heterocycles. The van der Waals surface area contributed by atoms with Gasteiger partial charge in [-0.1, -0.05) is 29.8 Å². The van der Waals surface area contributed by atoms with E-state index in [1.807, 2.05) is 0 Å². The number of rotatable bonds is 1. The van der Waals surface area contributed by atoms with E-state index in [9.17, 15) is 8.78 Å². The summed E-state index contributed by atoms with van der Waals surface area (Å²) in [6.45, 7) is 0. The average Bonchev–Trinajstić information content (AvgIpc) is 2.19. The Kier molecular flexibility index (Phi) is 2.45. The summed E-state index contributed by atoms with van der Waals surface area (Å²) >= 11 is 5.75. The average molecular weight is 230 g/mol. The largest absolute Gasteiger partial charge is 0.251 e. The van der Waals surface area contributed by atoms with Gasteiger partial charge in [0.1, 0.15) is 0 Å². The van der Waals surface area contributed by atoms with Gasteiger partial charge >= 0.3 is 0 Å². The molecule has 1 aliphatic rings. The van der Waals surface area contributed by atoms with Crippen LogP contribution in [0.25, 0.3) is 5.57 Å². The van der Waals surface area contributed by atoms with E-state index in [-0.39, 0.29) is 18.9 Å². The number of benzene rings is 1. The molecule has 1 aliphatic carbocycles. The van der Waals surface area contributed by atoms with Crippen molar-refractivity contribution in [2.45, 2.75) is 25.2 Å². The second kappa shape index (κ2) is 3.93. The zero-order valence-electron chi connectivity index (χ0n) is 9.06. The fraction of sp³-hybridized carbons (Fsp3) is 0.333. The van der Waals surface area contributed by atoms with Crippen LogP contribution in [-0.2, 0) is 0 Å². The second-order valence-corrected chi connectivity index (χ2v) is 4.13. The Hall–Kier alpha value is -0.890. The summed E-state index contributed by atoms with van der Waals surface area (Å²) in [6.07, 6.45) is -0.369. The van der Waals surface area contributed by atoms with Gasteiger partial charge in [-0.2, -0.15) is 0 Å². The molecule has 15 heavy (non-hydrogen) atoms. The Morgan fingerprint density at radius 2 is 1.93 bits per heavy atom. The van der Waals surface area contributed by atoms with E-state index < -0.39 is 12.3 Å². The zero-order chi connectivity index (χ0) is 11.8. The lowest BCUT2D eigenvalue weighted by Gasteiger charge is -2.21. The van der Waals surface area contributed by atoms with Gasteiger partial charge in [0.15, 0.2) is 0 Å². The highest BCUT2D eigenvalue weighted by atomic mass is 35.5. The third-order valence-electron chi connectivity index (χ3n) is 2.49. The van der Waals surface area contributed by atoms with E-state index in [2.05, 4.69) is 0 Å². The van der Waals surface area contributed by atoms with E-state index in [1.54, 1.807) is 24.3 Å². The number of allylic oxidation sites excluding steroid dienone is 2. The minimum Gasteiger partial charge on any atom is -0.207 e. The van der Waals surface area contributed by atoms with Gasteiger partial charge in [-0.3, -0.25) is 0 Å². The molecule has 0 fully saturated rings. The highest BCUT2D eigenvalue weighted by Gasteiger charge is 2.30. The number of hydrogen-bond donors (Lipinski definition) is 0. The predicted molar refractivity (Wildman–Crippen MR) is 58.2 cm³/mol. The number of hydrogen-bond acceptors (Lipinski definition) is 0. The standard InChI is InChI=1S/C12H11ClF2/c13-11-3-1-9(2-4-11)10-5-7-12(14,15)8-6-10/h1-5H,6-8H2/i5D. The summed E-state index contributed by atoms with van der Waals surface area (Å²) in [6, 6.07) is 7.01. The van der Waals surface area contributed by atoms with Crippen molar-refractivity contribution in [1.29, 1.82) is 0 Å². The molecular weight excluding hydrogens is 218 g/mol. The fourth-order valence-corrected chi connectivity index (χ4v) is 1.74. The zero-order valence-corrected chi connectivity index (χ0v) is 8.82. The molecule has 0 atom stereocenters. The first-order valence-electron chi connectivity index (χ1n) is 5.30. The van der Waals surface area contributed by atoms with Crippen LogP contribution >= 0.6 is 11.6 Å². The van der Waals surface area contributed by atoms with Crippen molar-refractivity contribution in [3.05, 3.63) is 40.9 Å². The minimum atomic E-state index is -2.72. The first kappa shape index (κ1) is 9.34. The van der Waals surface area contributed by atoms with Gasteiger partial charge in [-0.15, -0.1) is 0 Å². The van der Waals surface area contributed by atoms with Crippen molar-refractivity contribution >= 4 is 17.2 Å². The van der Waals surface area contributed by atoms with Crippen molar-refractivity contribution in [2.75, 3.05) is 0 Å². The third kappa shape index (κ3) is 2.57. The summed E-state index contributed by atoms with van der Waals surface area (Å²) in [5.74, 6) is -2.72. The SMILES string of the molecule is [2H]C1=C(c2ccc(Cl)cc2)CCC(F)(F)C1. The van der Waals surface area contributed by atoms with E-state index >= 15 is 0 Å². The third-order valence-corrected chi connectivity index (χ3v) is 2.75. The molecule has 0 unspecified atom stereocenters. The fourth-order valence-electron chi connectivity index (χ4n) is 1.62. The first-order chi connectivity index (χ1) is 7.48. The van der Waals surface area contributed by atoms with Gasteiger partial charge in [0.2, 0.25) is 0 Å². The highest BCUT2D eigenvalue weighted by Crippen LogP contribution is 2.36. The molecule has 0 aliphatic heterocycles. The molecule has 0 spiro atoms. The molecule has 0 radical (unpaired) electrons. The van der Waals surface area contributed by atoms with Gasteiger partial charge in [-0.05, 0) is 29.7 Å². The molecule has 0 bridgehead atoms. The smallest absolute Gasteiger partial charge is 0.207 e. The Labute approximate surface area is 94.0 Å². The van der Waals surface area contributed by atoms with Crippen molar-refractivity contribution in [3.8, 4) is 0 Å². The van der Waals surface area contributed by atoms with Crippen molar-refractivity contribution in [3.63, 3.8) is 0 Å². The van der Waals surface area contributed by atoms with Crippen LogP contribution in [0.1, 0.15) is 26.2 Å². The number of halogens is 3. The molecule has 3 heteroatoms. The lowest BCUT2D eigenvalue weighted by Crippen LogP contribution is -2.18. The second-order valence-electron chi connectivity index (χ2n) is 3.69. The lowest BCUT2D eigenvalue weighted by molar-refractivity contribution is -0.00602. The van der Waals surface area contributed by atoms with Gasteiger partial charge in [0, 0.05) is 17.9 Å². The van der Waals surface area contributed by atoms with Crippen LogP contribution in [0.15, 0.2) is 30.3 Å². The Balaban J connectivity index is 2.31. The maximum atomic E-state index is 13.0. The van der Waals surface area contributed by atoms with Crippen LogP contribution < -0.4 is 0 Å². The van der Waals surface area contributed by atoms with Crippen molar-refractivity contribution in [2.24, 2.45) is 0 Å². The lowest BCUT2D eigenvalue weighted by atomic mass is 9.91. The monoisotopic (exact) mass is 229 g/mol. The molecule has 80 valence electrons. The predicted octanol–water partition coefficient (Wildman–Crippen LogP) is 4.54. The van der Waals surface area contributed by atoms with Gasteiger partial charge in [-0.25, -0.2) is 8.78 Å². The molecule has 0 amide bonds. The maximum Gasteiger partial charge on any atom is 0.251 e. The summed E-state index contributed by atoms with van der Waals surface area (Å²) in [4.78, 5) is 0. The van der Waals surface area contributed by atoms with Crippen LogP contribution in [0.2, 0.25) is 5.02 Å². The molecule has 1 aromatic rings. The Morgan fingerprint density at radius 3 is 2.53 bits per heavy atom. The van der Waals surface area contributed by atoms with Crippen LogP contribution in [0, 0.1) is 0 Å². The highest BCUT2D eigenvalue weighted by molar-refractivity contribution is 6.30. The normalized spacial score (nSPS) is 21.4. The molecule has 1 aromatic carbocycles. The summed E-state index contributed by atoms with van der Waals surface area (Å²) in [7, 11) is 0. The van der Waals surface area contributed by atoms with Crippen LogP contribution in [0.5, 0.6) is 0 Å². The minimum absolute atomic E-state index is 0.0403. The molecule has 2 rings (SSSR count). The van der Waals surface area contributed by atoms with Crippen molar-refractivity contribution in [1.82, 2.24) is 0 Å². The van der Waals surface area contributed by atoms with E-state index in [4.69, 9.17) is 13.0 Å². The summed E-state index contributed by atoms with van der Waals surface area (Å²) in [5.41, 5.74) is 1.53. The van der Waals surface area contributed by atoms with Gasteiger partial charge in [0.25, 0.3) is 5.92 Å². The molecule has 0 saturated carbocycles. The Morgan fingerprint density at radius 1 is 1.27 bits per heavy atom. The van der Waals surface area contributed by atoms with Crippen LogP contribution in [0.4, 0.5) is 8.78 Å². The molecule has 0 heterocycles. The molecule has 0 N–H and O–H groups in total. The summed E-state index contributed by atoms with van der Waals surface area (Å²) in [5, 5.41) is 0.608. The van der Waals surface area contributed by atoms with E-state index in [0.29, 0.717) is 10.6 Å². The molecule has 0 nitrogen and oxygen atoms in total. The molecule has 0 saturated heterocycles. The van der Waals surface area contributed by atoms with Crippen LogP contribution in [-0.4, -0.2) is 5.92 Å². The van der Waals surface area contributed by atoms with Gasteiger partial charge in [0.05, 0.1) is 1.37 Å². The Bertz CT molecular complexity index is 423. The van der Waals surface area contributed by atoms with Gasteiger partial charge < -0.3 is 0 Å². The summed E-state index contributed by atoms with van der Waals surface area (Å²) < 4.78 is 33.7.